The Hall–Kier alpha value is -1.17. The summed E-state index contributed by atoms with van der Waals surface area (Å²) in [7, 11) is 1.52. The number of urea groups is 1. The number of azo groups is 1. The lowest BCUT2D eigenvalue weighted by atomic mass is 9.89. The van der Waals surface area contributed by atoms with E-state index in [1.165, 1.54) is 13.5 Å². The SMILES string of the molecule is CN(N)C(=O)NC1(/N=N/C(C)(C)C)CCCCC1. The molecule has 0 radical (unpaired) electrons. The van der Waals surface area contributed by atoms with Crippen LogP contribution in [0, 0.1) is 0 Å². The molecule has 2 amide bonds. The maximum absolute atomic E-state index is 11.7. The first kappa shape index (κ1) is 14.9. The minimum absolute atomic E-state index is 0.232. The summed E-state index contributed by atoms with van der Waals surface area (Å²) in [6, 6.07) is -0.315. The molecule has 0 aromatic carbocycles. The molecule has 0 bridgehead atoms. The highest BCUT2D eigenvalue weighted by atomic mass is 16.2. The minimum atomic E-state index is -0.573. The van der Waals surface area contributed by atoms with Crippen molar-refractivity contribution in [2.75, 3.05) is 7.05 Å². The number of hydrogen-bond donors (Lipinski definition) is 2. The Balaban J connectivity index is 2.82. The van der Waals surface area contributed by atoms with Crippen molar-refractivity contribution < 1.29 is 4.79 Å². The van der Waals surface area contributed by atoms with Gasteiger partial charge in [0.05, 0.1) is 5.54 Å². The normalized spacial score (nSPS) is 19.8. The molecular weight excluding hydrogens is 230 g/mol. The second-order valence-corrected chi connectivity index (χ2v) is 6.00. The number of carbonyl (C=O) groups is 1. The summed E-state index contributed by atoms with van der Waals surface area (Å²) in [5, 5.41) is 12.7. The Morgan fingerprint density at radius 1 is 1.28 bits per heavy atom. The van der Waals surface area contributed by atoms with Crippen LogP contribution in [0.1, 0.15) is 52.9 Å². The predicted molar refractivity (Wildman–Crippen MR) is 70.9 cm³/mol. The van der Waals surface area contributed by atoms with E-state index in [9.17, 15) is 4.79 Å². The van der Waals surface area contributed by atoms with E-state index in [1.54, 1.807) is 0 Å². The molecular formula is C12H25N5O. The number of amides is 2. The summed E-state index contributed by atoms with van der Waals surface area (Å²) in [6.45, 7) is 5.97. The monoisotopic (exact) mass is 255 g/mol. The van der Waals surface area contributed by atoms with Gasteiger partial charge in [0.1, 0.15) is 0 Å². The molecule has 0 aliphatic heterocycles. The van der Waals surface area contributed by atoms with E-state index >= 15 is 0 Å². The number of carbonyl (C=O) groups excluding carboxylic acids is 1. The quantitative estimate of drug-likeness (QED) is 0.344. The fourth-order valence-corrected chi connectivity index (χ4v) is 1.92. The van der Waals surface area contributed by atoms with E-state index in [-0.39, 0.29) is 11.6 Å². The second-order valence-electron chi connectivity index (χ2n) is 6.00. The first-order valence-corrected chi connectivity index (χ1v) is 6.49. The van der Waals surface area contributed by atoms with E-state index in [1.807, 2.05) is 20.8 Å². The number of nitrogens with zero attached hydrogens (tertiary/aromatic N) is 3. The van der Waals surface area contributed by atoms with Crippen LogP contribution in [-0.2, 0) is 0 Å². The minimum Gasteiger partial charge on any atom is -0.311 e. The van der Waals surface area contributed by atoms with Gasteiger partial charge in [-0.25, -0.2) is 10.6 Å². The summed E-state index contributed by atoms with van der Waals surface area (Å²) in [5.41, 5.74) is -0.806. The Labute approximate surface area is 109 Å². The lowest BCUT2D eigenvalue weighted by Gasteiger charge is -2.34. The van der Waals surface area contributed by atoms with Gasteiger partial charge < -0.3 is 5.32 Å². The maximum atomic E-state index is 11.7. The molecule has 3 N–H and O–H groups in total. The van der Waals surface area contributed by atoms with Crippen molar-refractivity contribution in [2.45, 2.75) is 64.1 Å². The molecule has 0 heterocycles. The lowest BCUT2D eigenvalue weighted by Crippen LogP contribution is -2.54. The average Bonchev–Trinajstić information content (AvgIpc) is 2.27. The van der Waals surface area contributed by atoms with Gasteiger partial charge in [-0.05, 0) is 46.5 Å². The smallest absolute Gasteiger partial charge is 0.311 e. The Morgan fingerprint density at radius 2 is 1.83 bits per heavy atom. The van der Waals surface area contributed by atoms with Crippen molar-refractivity contribution in [3.05, 3.63) is 0 Å². The first-order valence-electron chi connectivity index (χ1n) is 6.49. The van der Waals surface area contributed by atoms with Crippen LogP contribution in [-0.4, -0.2) is 29.3 Å². The molecule has 0 atom stereocenters. The largest absolute Gasteiger partial charge is 0.333 e. The maximum Gasteiger partial charge on any atom is 0.333 e. The molecule has 0 unspecified atom stereocenters. The molecule has 1 saturated carbocycles. The van der Waals surface area contributed by atoms with Crippen LogP contribution in [0.3, 0.4) is 0 Å². The van der Waals surface area contributed by atoms with E-state index in [0.717, 1.165) is 30.7 Å². The summed E-state index contributed by atoms with van der Waals surface area (Å²) >= 11 is 0. The summed E-state index contributed by atoms with van der Waals surface area (Å²) in [4.78, 5) is 11.7. The van der Waals surface area contributed by atoms with E-state index in [0.29, 0.717) is 0 Å². The molecule has 0 aromatic heterocycles. The Bertz CT molecular complexity index is 313. The summed E-state index contributed by atoms with van der Waals surface area (Å²) in [5.74, 6) is 5.44. The number of nitrogens with two attached hydrogens (primary N) is 1. The number of hydrogen-bond acceptors (Lipinski definition) is 4. The number of nitrogens with one attached hydrogen (secondary N) is 1. The molecule has 0 aromatic rings. The molecule has 6 heteroatoms. The topological polar surface area (TPSA) is 83.1 Å². The van der Waals surface area contributed by atoms with E-state index in [2.05, 4.69) is 15.5 Å². The van der Waals surface area contributed by atoms with Crippen molar-refractivity contribution >= 4 is 6.03 Å². The number of hydrazine groups is 1. The van der Waals surface area contributed by atoms with Gasteiger partial charge in [0.25, 0.3) is 0 Å². The molecule has 1 rings (SSSR count). The third-order valence-corrected chi connectivity index (χ3v) is 2.88. The third-order valence-electron chi connectivity index (χ3n) is 2.88. The van der Waals surface area contributed by atoms with Gasteiger partial charge in [0.15, 0.2) is 5.66 Å². The second kappa shape index (κ2) is 5.65. The standard InChI is InChI=1S/C12H25N5O/c1-11(2,3)15-16-12(8-6-5-7-9-12)14-10(18)17(4)13/h5-9,13H2,1-4H3,(H,14,18)/b16-15+. The highest BCUT2D eigenvalue weighted by Gasteiger charge is 2.34. The zero-order valence-electron chi connectivity index (χ0n) is 11.9. The van der Waals surface area contributed by atoms with Gasteiger partial charge in [-0.15, -0.1) is 0 Å². The summed E-state index contributed by atoms with van der Waals surface area (Å²) < 4.78 is 0. The molecule has 6 nitrogen and oxygen atoms in total. The van der Waals surface area contributed by atoms with Gasteiger partial charge >= 0.3 is 6.03 Å². The van der Waals surface area contributed by atoms with Crippen molar-refractivity contribution in [3.8, 4) is 0 Å². The van der Waals surface area contributed by atoms with Crippen LogP contribution < -0.4 is 11.2 Å². The molecule has 1 fully saturated rings. The van der Waals surface area contributed by atoms with Gasteiger partial charge in [-0.2, -0.15) is 10.2 Å². The predicted octanol–water partition coefficient (Wildman–Crippen LogP) is 2.41. The van der Waals surface area contributed by atoms with Crippen molar-refractivity contribution in [3.63, 3.8) is 0 Å². The Morgan fingerprint density at radius 3 is 2.28 bits per heavy atom. The average molecular weight is 255 g/mol. The highest BCUT2D eigenvalue weighted by Crippen LogP contribution is 2.30. The molecule has 18 heavy (non-hydrogen) atoms. The van der Waals surface area contributed by atoms with E-state index < -0.39 is 5.66 Å². The third kappa shape index (κ3) is 4.60. The molecule has 0 spiro atoms. The fourth-order valence-electron chi connectivity index (χ4n) is 1.92. The van der Waals surface area contributed by atoms with Gasteiger partial charge in [-0.1, -0.05) is 6.42 Å². The van der Waals surface area contributed by atoms with Crippen molar-refractivity contribution in [1.82, 2.24) is 10.3 Å². The van der Waals surface area contributed by atoms with Crippen LogP contribution >= 0.6 is 0 Å². The first-order chi connectivity index (χ1) is 8.24. The summed E-state index contributed by atoms with van der Waals surface area (Å²) in [6.07, 6.45) is 4.94. The van der Waals surface area contributed by atoms with Crippen LogP contribution in [0.15, 0.2) is 10.2 Å². The van der Waals surface area contributed by atoms with Gasteiger partial charge in [-0.3, -0.25) is 5.01 Å². The van der Waals surface area contributed by atoms with Gasteiger partial charge in [0, 0.05) is 7.05 Å². The Kier molecular flexibility index (Phi) is 4.67. The fraction of sp³-hybridized carbons (Fsp3) is 0.917. The zero-order chi connectivity index (χ0) is 13.8. The highest BCUT2D eigenvalue weighted by molar-refractivity contribution is 5.74. The van der Waals surface area contributed by atoms with Crippen LogP contribution in [0.4, 0.5) is 4.79 Å². The molecule has 1 aliphatic carbocycles. The van der Waals surface area contributed by atoms with Crippen LogP contribution in [0.2, 0.25) is 0 Å². The molecule has 104 valence electrons. The number of rotatable bonds is 2. The zero-order valence-corrected chi connectivity index (χ0v) is 11.9. The van der Waals surface area contributed by atoms with Gasteiger partial charge in [0.2, 0.25) is 0 Å². The van der Waals surface area contributed by atoms with Crippen LogP contribution in [0.5, 0.6) is 0 Å². The van der Waals surface area contributed by atoms with Crippen molar-refractivity contribution in [1.29, 1.82) is 0 Å². The van der Waals surface area contributed by atoms with Crippen molar-refractivity contribution in [2.24, 2.45) is 16.1 Å². The van der Waals surface area contributed by atoms with E-state index in [4.69, 9.17) is 5.84 Å². The molecule has 1 aliphatic rings. The van der Waals surface area contributed by atoms with Crippen LogP contribution in [0.25, 0.3) is 0 Å². The molecule has 0 saturated heterocycles. The lowest BCUT2D eigenvalue weighted by molar-refractivity contribution is 0.174.